The zero-order chi connectivity index (χ0) is 22.9. The minimum Gasteiger partial charge on any atom is -0.457 e. The van der Waals surface area contributed by atoms with Crippen molar-refractivity contribution in [1.29, 1.82) is 0 Å². The van der Waals surface area contributed by atoms with Crippen LogP contribution in [0.2, 0.25) is 0 Å². The Morgan fingerprint density at radius 2 is 1.67 bits per heavy atom. The van der Waals surface area contributed by atoms with Gasteiger partial charge in [0.2, 0.25) is 5.91 Å². The van der Waals surface area contributed by atoms with Gasteiger partial charge in [-0.05, 0) is 105 Å². The molecule has 1 aliphatic heterocycles. The Morgan fingerprint density at radius 3 is 2.42 bits per heavy atom. The third-order valence-corrected chi connectivity index (χ3v) is 6.08. The second-order valence-electron chi connectivity index (χ2n) is 8.57. The van der Waals surface area contributed by atoms with Gasteiger partial charge in [-0.2, -0.15) is 0 Å². The highest BCUT2D eigenvalue weighted by Crippen LogP contribution is 2.29. The molecule has 3 aromatic carbocycles. The Balaban J connectivity index is 1.20. The van der Waals surface area contributed by atoms with Crippen molar-refractivity contribution in [2.24, 2.45) is 0 Å². The van der Waals surface area contributed by atoms with Gasteiger partial charge in [0, 0.05) is 12.1 Å². The van der Waals surface area contributed by atoms with E-state index in [2.05, 4.69) is 22.8 Å². The Labute approximate surface area is 195 Å². The first-order chi connectivity index (χ1) is 16.2. The number of rotatable bonds is 9. The SMILES string of the molecule is O=C(CCCCc1ccc(Oc2ccccc2)cc1)Nc1ccc(F)c(C2CCNCC2)c1. The van der Waals surface area contributed by atoms with Crippen molar-refractivity contribution in [3.8, 4) is 11.5 Å². The van der Waals surface area contributed by atoms with E-state index in [0.29, 0.717) is 17.7 Å². The summed E-state index contributed by atoms with van der Waals surface area (Å²) in [7, 11) is 0. The number of benzene rings is 3. The number of hydrogen-bond acceptors (Lipinski definition) is 3. The Hall–Kier alpha value is -3.18. The number of para-hydroxylation sites is 1. The van der Waals surface area contributed by atoms with Gasteiger partial charge in [-0.25, -0.2) is 4.39 Å². The first kappa shape index (κ1) is 23.0. The predicted octanol–water partition coefficient (Wildman–Crippen LogP) is 6.44. The fourth-order valence-corrected chi connectivity index (χ4v) is 4.25. The molecule has 0 atom stereocenters. The molecule has 3 aromatic rings. The van der Waals surface area contributed by atoms with Crippen LogP contribution in [-0.4, -0.2) is 19.0 Å². The first-order valence-corrected chi connectivity index (χ1v) is 11.8. The Morgan fingerprint density at radius 1 is 0.939 bits per heavy atom. The van der Waals surface area contributed by atoms with Crippen molar-refractivity contribution in [3.63, 3.8) is 0 Å². The minimum atomic E-state index is -0.180. The zero-order valence-electron chi connectivity index (χ0n) is 18.9. The number of hydrogen-bond donors (Lipinski definition) is 2. The van der Waals surface area contributed by atoms with Crippen molar-refractivity contribution in [1.82, 2.24) is 5.32 Å². The highest BCUT2D eigenvalue weighted by atomic mass is 19.1. The molecule has 1 amide bonds. The molecule has 0 saturated carbocycles. The number of aryl methyl sites for hydroxylation is 1. The van der Waals surface area contributed by atoms with Crippen molar-refractivity contribution in [2.75, 3.05) is 18.4 Å². The standard InChI is InChI=1S/C28H31FN2O2/c29-27-15-12-23(20-26(27)22-16-18-30-19-17-22)31-28(32)9-5-4-6-21-10-13-25(14-11-21)33-24-7-2-1-3-8-24/h1-3,7-8,10-15,20,22,30H,4-6,9,16-19H2,(H,31,32). The lowest BCUT2D eigenvalue weighted by atomic mass is 9.89. The molecule has 2 N–H and O–H groups in total. The number of unbranched alkanes of at least 4 members (excludes halogenated alkanes) is 1. The number of anilines is 1. The molecule has 4 nitrogen and oxygen atoms in total. The number of halogens is 1. The van der Waals surface area contributed by atoms with E-state index in [-0.39, 0.29) is 17.6 Å². The number of piperidine rings is 1. The molecule has 0 aromatic heterocycles. The van der Waals surface area contributed by atoms with Crippen LogP contribution >= 0.6 is 0 Å². The molecule has 0 aliphatic carbocycles. The van der Waals surface area contributed by atoms with Gasteiger partial charge in [0.1, 0.15) is 17.3 Å². The number of carbonyl (C=O) groups excluding carboxylic acids is 1. The molecule has 172 valence electrons. The molecule has 5 heteroatoms. The average Bonchev–Trinajstić information content (AvgIpc) is 2.85. The normalized spacial score (nSPS) is 14.1. The Bertz CT molecular complexity index is 1030. The maximum Gasteiger partial charge on any atom is 0.224 e. The van der Waals surface area contributed by atoms with E-state index in [9.17, 15) is 9.18 Å². The number of carbonyl (C=O) groups is 1. The third kappa shape index (κ3) is 6.90. The second-order valence-corrected chi connectivity index (χ2v) is 8.57. The van der Waals surface area contributed by atoms with Crippen molar-refractivity contribution in [2.45, 2.75) is 44.4 Å². The summed E-state index contributed by atoms with van der Waals surface area (Å²) in [6.07, 6.45) is 4.94. The van der Waals surface area contributed by atoms with Crippen LogP contribution in [0.5, 0.6) is 11.5 Å². The van der Waals surface area contributed by atoms with Crippen molar-refractivity contribution in [3.05, 3.63) is 89.7 Å². The van der Waals surface area contributed by atoms with Gasteiger partial charge >= 0.3 is 0 Å². The van der Waals surface area contributed by atoms with Crippen LogP contribution in [0.4, 0.5) is 10.1 Å². The molecule has 1 fully saturated rings. The summed E-state index contributed by atoms with van der Waals surface area (Å²) in [6.45, 7) is 1.81. The van der Waals surface area contributed by atoms with Crippen molar-refractivity contribution >= 4 is 11.6 Å². The number of nitrogens with one attached hydrogen (secondary N) is 2. The smallest absolute Gasteiger partial charge is 0.224 e. The van der Waals surface area contributed by atoms with Gasteiger partial charge < -0.3 is 15.4 Å². The van der Waals surface area contributed by atoms with Crippen LogP contribution in [-0.2, 0) is 11.2 Å². The molecule has 4 rings (SSSR count). The summed E-state index contributed by atoms with van der Waals surface area (Å²) in [5, 5.41) is 6.25. The molecule has 33 heavy (non-hydrogen) atoms. The molecule has 0 unspecified atom stereocenters. The number of ether oxygens (including phenoxy) is 1. The van der Waals surface area contributed by atoms with Gasteiger partial charge in [-0.1, -0.05) is 30.3 Å². The third-order valence-electron chi connectivity index (χ3n) is 6.08. The highest BCUT2D eigenvalue weighted by molar-refractivity contribution is 5.90. The lowest BCUT2D eigenvalue weighted by Gasteiger charge is -2.23. The van der Waals surface area contributed by atoms with E-state index in [1.807, 2.05) is 48.5 Å². The lowest BCUT2D eigenvalue weighted by molar-refractivity contribution is -0.116. The maximum absolute atomic E-state index is 14.3. The molecule has 1 heterocycles. The van der Waals surface area contributed by atoms with Crippen LogP contribution < -0.4 is 15.4 Å². The van der Waals surface area contributed by atoms with Crippen LogP contribution in [0.3, 0.4) is 0 Å². The quantitative estimate of drug-likeness (QED) is 0.372. The van der Waals surface area contributed by atoms with Crippen LogP contribution in [0, 0.1) is 5.82 Å². The summed E-state index contributed by atoms with van der Waals surface area (Å²) >= 11 is 0. The summed E-state index contributed by atoms with van der Waals surface area (Å²) < 4.78 is 20.1. The average molecular weight is 447 g/mol. The summed E-state index contributed by atoms with van der Waals surface area (Å²) in [5.74, 6) is 1.64. The van der Waals surface area contributed by atoms with E-state index in [1.54, 1.807) is 6.07 Å². The van der Waals surface area contributed by atoms with E-state index in [0.717, 1.165) is 56.7 Å². The minimum absolute atomic E-state index is 0.0236. The fraction of sp³-hybridized carbons (Fsp3) is 0.321. The topological polar surface area (TPSA) is 50.4 Å². The molecule has 1 saturated heterocycles. The molecular formula is C28H31FN2O2. The van der Waals surface area contributed by atoms with Gasteiger partial charge in [0.15, 0.2) is 0 Å². The summed E-state index contributed by atoms with van der Waals surface area (Å²) in [6, 6.07) is 22.7. The summed E-state index contributed by atoms with van der Waals surface area (Å²) in [5.41, 5.74) is 2.62. The second kappa shape index (κ2) is 11.6. The largest absolute Gasteiger partial charge is 0.457 e. The van der Waals surface area contributed by atoms with E-state index < -0.39 is 0 Å². The molecule has 0 spiro atoms. The highest BCUT2D eigenvalue weighted by Gasteiger charge is 2.19. The predicted molar refractivity (Wildman–Crippen MR) is 130 cm³/mol. The van der Waals surface area contributed by atoms with Crippen LogP contribution in [0.25, 0.3) is 0 Å². The van der Waals surface area contributed by atoms with Crippen molar-refractivity contribution < 1.29 is 13.9 Å². The van der Waals surface area contributed by atoms with Crippen LogP contribution in [0.15, 0.2) is 72.8 Å². The molecule has 1 aliphatic rings. The maximum atomic E-state index is 14.3. The van der Waals surface area contributed by atoms with Gasteiger partial charge in [-0.3, -0.25) is 4.79 Å². The lowest BCUT2D eigenvalue weighted by Crippen LogP contribution is -2.27. The van der Waals surface area contributed by atoms with Gasteiger partial charge in [0.05, 0.1) is 0 Å². The monoisotopic (exact) mass is 446 g/mol. The van der Waals surface area contributed by atoms with Gasteiger partial charge in [0.25, 0.3) is 0 Å². The van der Waals surface area contributed by atoms with Gasteiger partial charge in [-0.15, -0.1) is 0 Å². The summed E-state index contributed by atoms with van der Waals surface area (Å²) in [4.78, 5) is 12.4. The molecular weight excluding hydrogens is 415 g/mol. The fourth-order valence-electron chi connectivity index (χ4n) is 4.25. The Kier molecular flexibility index (Phi) is 8.09. The molecule has 0 radical (unpaired) electrons. The zero-order valence-corrected chi connectivity index (χ0v) is 18.9. The van der Waals surface area contributed by atoms with E-state index >= 15 is 0 Å². The van der Waals surface area contributed by atoms with Crippen LogP contribution in [0.1, 0.15) is 49.1 Å². The molecule has 0 bridgehead atoms. The number of amides is 1. The van der Waals surface area contributed by atoms with E-state index in [4.69, 9.17) is 4.74 Å². The first-order valence-electron chi connectivity index (χ1n) is 11.8. The van der Waals surface area contributed by atoms with E-state index in [1.165, 1.54) is 11.6 Å².